The molecule has 0 aromatic heterocycles. The molecule has 24 heavy (non-hydrogen) atoms. The molecular formula is C18H25N3O3. The van der Waals surface area contributed by atoms with E-state index in [0.29, 0.717) is 6.54 Å². The number of fused-ring (bicyclic) bond motifs is 1. The molecule has 0 saturated carbocycles. The van der Waals surface area contributed by atoms with Crippen LogP contribution in [0.25, 0.3) is 0 Å². The monoisotopic (exact) mass is 331 g/mol. The van der Waals surface area contributed by atoms with E-state index in [1.165, 1.54) is 17.7 Å². The van der Waals surface area contributed by atoms with E-state index in [9.17, 15) is 9.59 Å². The first-order chi connectivity index (χ1) is 11.3. The van der Waals surface area contributed by atoms with Gasteiger partial charge in [0, 0.05) is 24.5 Å². The van der Waals surface area contributed by atoms with Crippen molar-refractivity contribution < 1.29 is 14.3 Å². The Morgan fingerprint density at radius 1 is 1.17 bits per heavy atom. The largest absolute Gasteiger partial charge is 0.444 e. The highest BCUT2D eigenvalue weighted by atomic mass is 16.6. The summed E-state index contributed by atoms with van der Waals surface area (Å²) >= 11 is 0. The Morgan fingerprint density at radius 3 is 2.54 bits per heavy atom. The highest BCUT2D eigenvalue weighted by Crippen LogP contribution is 2.29. The van der Waals surface area contributed by atoms with Crippen LogP contribution in [0.5, 0.6) is 0 Å². The normalized spacial score (nSPS) is 18.0. The predicted molar refractivity (Wildman–Crippen MR) is 93.2 cm³/mol. The number of benzene rings is 1. The molecule has 0 radical (unpaired) electrons. The third-order valence-corrected chi connectivity index (χ3v) is 4.18. The van der Waals surface area contributed by atoms with Gasteiger partial charge in [-0.1, -0.05) is 0 Å². The molecule has 0 aliphatic carbocycles. The number of ether oxygens (including phenoxy) is 1. The van der Waals surface area contributed by atoms with Crippen molar-refractivity contribution >= 4 is 23.4 Å². The van der Waals surface area contributed by atoms with Crippen LogP contribution in [0.15, 0.2) is 18.2 Å². The van der Waals surface area contributed by atoms with Crippen molar-refractivity contribution in [3.05, 3.63) is 23.8 Å². The third-order valence-electron chi connectivity index (χ3n) is 4.18. The maximum Gasteiger partial charge on any atom is 0.411 e. The fourth-order valence-electron chi connectivity index (χ4n) is 3.09. The molecule has 6 nitrogen and oxygen atoms in total. The zero-order chi connectivity index (χ0) is 17.3. The average Bonchev–Trinajstić information content (AvgIpc) is 2.95. The van der Waals surface area contributed by atoms with Crippen LogP contribution < -0.4 is 10.2 Å². The SMILES string of the molecule is CC(C)(C)OC(=O)N1CC(=O)Nc2ccc(N3CCCC3)cc2C1. The van der Waals surface area contributed by atoms with Gasteiger partial charge in [-0.05, 0) is 57.4 Å². The van der Waals surface area contributed by atoms with Gasteiger partial charge in [-0.3, -0.25) is 9.69 Å². The van der Waals surface area contributed by atoms with E-state index in [1.54, 1.807) is 0 Å². The highest BCUT2D eigenvalue weighted by Gasteiger charge is 2.28. The molecule has 0 bridgehead atoms. The van der Waals surface area contributed by atoms with Gasteiger partial charge in [0.25, 0.3) is 0 Å². The van der Waals surface area contributed by atoms with Gasteiger partial charge in [0.1, 0.15) is 12.1 Å². The second-order valence-corrected chi connectivity index (χ2v) is 7.42. The molecule has 1 saturated heterocycles. The summed E-state index contributed by atoms with van der Waals surface area (Å²) in [5, 5.41) is 2.88. The van der Waals surface area contributed by atoms with Crippen LogP contribution in [0.1, 0.15) is 39.2 Å². The van der Waals surface area contributed by atoms with E-state index in [2.05, 4.69) is 16.3 Å². The van der Waals surface area contributed by atoms with Gasteiger partial charge < -0.3 is 15.0 Å². The maximum absolute atomic E-state index is 12.4. The number of hydrogen-bond acceptors (Lipinski definition) is 4. The first-order valence-corrected chi connectivity index (χ1v) is 8.47. The Balaban J connectivity index is 1.84. The maximum atomic E-state index is 12.4. The molecule has 2 amide bonds. The summed E-state index contributed by atoms with van der Waals surface area (Å²) in [7, 11) is 0. The van der Waals surface area contributed by atoms with Crippen LogP contribution >= 0.6 is 0 Å². The van der Waals surface area contributed by atoms with Crippen molar-refractivity contribution in [3.63, 3.8) is 0 Å². The van der Waals surface area contributed by atoms with E-state index >= 15 is 0 Å². The highest BCUT2D eigenvalue weighted by molar-refractivity contribution is 5.95. The standard InChI is InChI=1S/C18H25N3O3/c1-18(2,3)24-17(23)21-11-13-10-14(20-8-4-5-9-20)6-7-15(13)19-16(22)12-21/h6-7,10H,4-5,8-9,11-12H2,1-3H3,(H,19,22). The van der Waals surface area contributed by atoms with E-state index < -0.39 is 11.7 Å². The van der Waals surface area contributed by atoms with Gasteiger partial charge in [0.15, 0.2) is 0 Å². The van der Waals surface area contributed by atoms with Crippen molar-refractivity contribution in [2.45, 2.75) is 45.8 Å². The Morgan fingerprint density at radius 2 is 1.88 bits per heavy atom. The van der Waals surface area contributed by atoms with Crippen LogP contribution in [0.3, 0.4) is 0 Å². The zero-order valence-corrected chi connectivity index (χ0v) is 14.6. The summed E-state index contributed by atoms with van der Waals surface area (Å²) in [5.74, 6) is -0.200. The first-order valence-electron chi connectivity index (χ1n) is 8.47. The molecule has 0 atom stereocenters. The minimum Gasteiger partial charge on any atom is -0.444 e. The minimum absolute atomic E-state index is 0.00262. The van der Waals surface area contributed by atoms with Crippen molar-refractivity contribution in [3.8, 4) is 0 Å². The topological polar surface area (TPSA) is 61.9 Å². The quantitative estimate of drug-likeness (QED) is 0.859. The summed E-state index contributed by atoms with van der Waals surface area (Å²) in [6, 6.07) is 6.04. The van der Waals surface area contributed by atoms with Crippen molar-refractivity contribution in [2.24, 2.45) is 0 Å². The summed E-state index contributed by atoms with van der Waals surface area (Å²) in [4.78, 5) is 28.3. The second kappa shape index (κ2) is 6.34. The summed E-state index contributed by atoms with van der Waals surface area (Å²) in [6.07, 6.45) is 1.95. The fraction of sp³-hybridized carbons (Fsp3) is 0.556. The Bertz CT molecular complexity index is 645. The molecular weight excluding hydrogens is 306 g/mol. The number of anilines is 2. The van der Waals surface area contributed by atoms with E-state index in [0.717, 1.165) is 30.0 Å². The molecule has 2 heterocycles. The lowest BCUT2D eigenvalue weighted by atomic mass is 10.1. The number of rotatable bonds is 1. The lowest BCUT2D eigenvalue weighted by molar-refractivity contribution is -0.117. The number of carbonyl (C=O) groups excluding carboxylic acids is 2. The molecule has 2 aliphatic heterocycles. The van der Waals surface area contributed by atoms with Gasteiger partial charge in [-0.25, -0.2) is 4.79 Å². The number of amides is 2. The van der Waals surface area contributed by atoms with Crippen LogP contribution in [-0.4, -0.2) is 42.1 Å². The Kier molecular flexibility index (Phi) is 4.39. The molecule has 6 heteroatoms. The van der Waals surface area contributed by atoms with Crippen molar-refractivity contribution in [1.82, 2.24) is 4.90 Å². The molecule has 0 unspecified atom stereocenters. The number of hydrogen-bond donors (Lipinski definition) is 1. The van der Waals surface area contributed by atoms with Crippen molar-refractivity contribution in [1.29, 1.82) is 0 Å². The molecule has 130 valence electrons. The molecule has 1 fully saturated rings. The summed E-state index contributed by atoms with van der Waals surface area (Å²) in [6.45, 7) is 7.95. The smallest absolute Gasteiger partial charge is 0.411 e. The Labute approximate surface area is 142 Å². The second-order valence-electron chi connectivity index (χ2n) is 7.42. The van der Waals surface area contributed by atoms with Crippen LogP contribution in [0.2, 0.25) is 0 Å². The summed E-state index contributed by atoms with van der Waals surface area (Å²) in [5.41, 5.74) is 2.27. The lowest BCUT2D eigenvalue weighted by Gasteiger charge is -2.26. The van der Waals surface area contributed by atoms with Crippen molar-refractivity contribution in [2.75, 3.05) is 29.9 Å². The summed E-state index contributed by atoms with van der Waals surface area (Å²) < 4.78 is 5.42. The van der Waals surface area contributed by atoms with E-state index in [-0.39, 0.29) is 12.5 Å². The minimum atomic E-state index is -0.583. The van der Waals surface area contributed by atoms with Crippen LogP contribution in [0, 0.1) is 0 Å². The van der Waals surface area contributed by atoms with Gasteiger partial charge >= 0.3 is 6.09 Å². The van der Waals surface area contributed by atoms with Crippen LogP contribution in [-0.2, 0) is 16.1 Å². The van der Waals surface area contributed by atoms with Gasteiger partial charge in [-0.15, -0.1) is 0 Å². The average molecular weight is 331 g/mol. The Hall–Kier alpha value is -2.24. The molecule has 2 aliphatic rings. The van der Waals surface area contributed by atoms with Gasteiger partial charge in [-0.2, -0.15) is 0 Å². The number of carbonyl (C=O) groups is 2. The van der Waals surface area contributed by atoms with Crippen LogP contribution in [0.4, 0.5) is 16.2 Å². The fourth-order valence-corrected chi connectivity index (χ4v) is 3.09. The zero-order valence-electron chi connectivity index (χ0n) is 14.6. The third kappa shape index (κ3) is 3.80. The first kappa shape index (κ1) is 16.6. The van der Waals surface area contributed by atoms with E-state index in [4.69, 9.17) is 4.74 Å². The molecule has 1 aromatic rings. The molecule has 0 spiro atoms. The molecule has 1 N–H and O–H groups in total. The number of nitrogens with zero attached hydrogens (tertiary/aromatic N) is 2. The molecule has 3 rings (SSSR count). The van der Waals surface area contributed by atoms with Gasteiger partial charge in [0.05, 0.1) is 6.54 Å². The number of nitrogens with one attached hydrogen (secondary N) is 1. The van der Waals surface area contributed by atoms with Gasteiger partial charge in [0.2, 0.25) is 5.91 Å². The lowest BCUT2D eigenvalue weighted by Crippen LogP contribution is -2.39. The predicted octanol–water partition coefficient (Wildman–Crippen LogP) is 2.98. The van der Waals surface area contributed by atoms with E-state index in [1.807, 2.05) is 32.9 Å². The molecule has 1 aromatic carbocycles.